The van der Waals surface area contributed by atoms with Gasteiger partial charge in [-0.15, -0.1) is 0 Å². The summed E-state index contributed by atoms with van der Waals surface area (Å²) in [6, 6.07) is 13.4. The molecule has 1 unspecified atom stereocenters. The third-order valence-corrected chi connectivity index (χ3v) is 6.27. The first-order valence-corrected chi connectivity index (χ1v) is 10.4. The number of hydrogen-bond donors (Lipinski definition) is 0. The molecule has 1 heterocycles. The molecular formula is C19H19ClN2O4S. The summed E-state index contributed by atoms with van der Waals surface area (Å²) in [5, 5.41) is 9.55. The van der Waals surface area contributed by atoms with Gasteiger partial charge in [-0.25, -0.2) is 8.42 Å². The standard InChI is InChI=1S/C19H19ClN2O4S/c1-2-9-22(12-16-13-25-17-5-3-4-6-18(17)26-16)27(23,24)19-10-15(20)8-7-14(19)11-21/h3-8,10,16H,2,9,12-13H2,1H3. The summed E-state index contributed by atoms with van der Waals surface area (Å²) >= 11 is 5.97. The molecule has 0 radical (unpaired) electrons. The normalized spacial score (nSPS) is 16.1. The van der Waals surface area contributed by atoms with Gasteiger partial charge in [0.1, 0.15) is 23.7 Å². The Morgan fingerprint density at radius 3 is 2.70 bits per heavy atom. The van der Waals surface area contributed by atoms with Gasteiger partial charge in [0.05, 0.1) is 12.1 Å². The summed E-state index contributed by atoms with van der Waals surface area (Å²) < 4.78 is 39.3. The average molecular weight is 407 g/mol. The van der Waals surface area contributed by atoms with Crippen LogP contribution >= 0.6 is 11.6 Å². The van der Waals surface area contributed by atoms with E-state index in [4.69, 9.17) is 21.1 Å². The number of rotatable bonds is 6. The Kier molecular flexibility index (Phi) is 5.90. The number of fused-ring (bicyclic) bond motifs is 1. The Morgan fingerprint density at radius 1 is 1.26 bits per heavy atom. The van der Waals surface area contributed by atoms with E-state index in [-0.39, 0.29) is 28.6 Å². The average Bonchev–Trinajstić information content (AvgIpc) is 2.67. The van der Waals surface area contributed by atoms with Gasteiger partial charge in [-0.2, -0.15) is 9.57 Å². The molecule has 0 spiro atoms. The van der Waals surface area contributed by atoms with Crippen molar-refractivity contribution < 1.29 is 17.9 Å². The largest absolute Gasteiger partial charge is 0.486 e. The molecule has 0 amide bonds. The lowest BCUT2D eigenvalue weighted by Gasteiger charge is -2.31. The topological polar surface area (TPSA) is 79.6 Å². The molecule has 2 aromatic rings. The lowest BCUT2D eigenvalue weighted by Crippen LogP contribution is -2.44. The van der Waals surface area contributed by atoms with Gasteiger partial charge in [0.15, 0.2) is 11.5 Å². The minimum absolute atomic E-state index is 0.0617. The molecule has 0 N–H and O–H groups in total. The molecule has 1 atom stereocenters. The fraction of sp³-hybridized carbons (Fsp3) is 0.316. The molecule has 1 aliphatic heterocycles. The first kappa shape index (κ1) is 19.5. The zero-order chi connectivity index (χ0) is 19.4. The molecule has 27 heavy (non-hydrogen) atoms. The van der Waals surface area contributed by atoms with Crippen LogP contribution in [0.4, 0.5) is 0 Å². The highest BCUT2D eigenvalue weighted by Crippen LogP contribution is 2.32. The Balaban J connectivity index is 1.88. The highest BCUT2D eigenvalue weighted by atomic mass is 35.5. The lowest BCUT2D eigenvalue weighted by atomic mass is 10.2. The number of nitriles is 1. The van der Waals surface area contributed by atoms with E-state index in [2.05, 4.69) is 0 Å². The van der Waals surface area contributed by atoms with Gasteiger partial charge in [0.25, 0.3) is 0 Å². The zero-order valence-electron chi connectivity index (χ0n) is 14.8. The first-order chi connectivity index (χ1) is 13.0. The molecule has 1 aliphatic rings. The molecule has 2 aromatic carbocycles. The molecule has 0 fully saturated rings. The van der Waals surface area contributed by atoms with Crippen LogP contribution in [0.3, 0.4) is 0 Å². The summed E-state index contributed by atoms with van der Waals surface area (Å²) in [5.41, 5.74) is 0.0617. The molecule has 0 bridgehead atoms. The minimum Gasteiger partial charge on any atom is -0.486 e. The molecule has 6 nitrogen and oxygen atoms in total. The van der Waals surface area contributed by atoms with Crippen LogP contribution in [0.25, 0.3) is 0 Å². The third kappa shape index (κ3) is 4.19. The molecule has 3 rings (SSSR count). The van der Waals surface area contributed by atoms with Crippen LogP contribution in [-0.2, 0) is 10.0 Å². The number of ether oxygens (including phenoxy) is 2. The maximum absolute atomic E-state index is 13.2. The van der Waals surface area contributed by atoms with Gasteiger partial charge < -0.3 is 9.47 Å². The predicted molar refractivity (Wildman–Crippen MR) is 102 cm³/mol. The minimum atomic E-state index is -3.91. The van der Waals surface area contributed by atoms with Crippen LogP contribution in [-0.4, -0.2) is 38.5 Å². The van der Waals surface area contributed by atoms with E-state index in [1.807, 2.05) is 25.1 Å². The molecule has 0 aromatic heterocycles. The van der Waals surface area contributed by atoms with E-state index < -0.39 is 16.1 Å². The van der Waals surface area contributed by atoms with Crippen molar-refractivity contribution in [2.24, 2.45) is 0 Å². The second kappa shape index (κ2) is 8.17. The summed E-state index contributed by atoms with van der Waals surface area (Å²) in [6.07, 6.45) is 0.164. The second-order valence-corrected chi connectivity index (χ2v) is 8.46. The van der Waals surface area contributed by atoms with Crippen molar-refractivity contribution in [3.05, 3.63) is 53.1 Å². The van der Waals surface area contributed by atoms with E-state index in [0.29, 0.717) is 24.5 Å². The van der Waals surface area contributed by atoms with Crippen molar-refractivity contribution in [2.75, 3.05) is 19.7 Å². The Hall–Kier alpha value is -2.27. The van der Waals surface area contributed by atoms with E-state index >= 15 is 0 Å². The summed E-state index contributed by atoms with van der Waals surface area (Å²) in [5.74, 6) is 1.23. The number of para-hydroxylation sites is 2. The molecule has 0 saturated heterocycles. The van der Waals surface area contributed by atoms with Crippen molar-refractivity contribution >= 4 is 21.6 Å². The predicted octanol–water partition coefficient (Wildman–Crippen LogP) is 3.45. The molecule has 142 valence electrons. The quantitative estimate of drug-likeness (QED) is 0.734. The summed E-state index contributed by atoms with van der Waals surface area (Å²) in [4.78, 5) is -0.0944. The van der Waals surface area contributed by atoms with E-state index in [0.717, 1.165) is 0 Å². The highest BCUT2D eigenvalue weighted by Gasteiger charge is 2.31. The lowest BCUT2D eigenvalue weighted by molar-refractivity contribution is 0.0764. The third-order valence-electron chi connectivity index (χ3n) is 4.13. The van der Waals surface area contributed by atoms with E-state index in [9.17, 15) is 13.7 Å². The monoisotopic (exact) mass is 406 g/mol. The highest BCUT2D eigenvalue weighted by molar-refractivity contribution is 7.89. The van der Waals surface area contributed by atoms with Crippen molar-refractivity contribution in [1.29, 1.82) is 5.26 Å². The van der Waals surface area contributed by atoms with Crippen molar-refractivity contribution in [2.45, 2.75) is 24.3 Å². The SMILES string of the molecule is CCCN(CC1COc2ccccc2O1)S(=O)(=O)c1cc(Cl)ccc1C#N. The number of hydrogen-bond acceptors (Lipinski definition) is 5. The zero-order valence-corrected chi connectivity index (χ0v) is 16.3. The fourth-order valence-corrected chi connectivity index (χ4v) is 4.85. The van der Waals surface area contributed by atoms with Crippen LogP contribution in [0.15, 0.2) is 47.4 Å². The van der Waals surface area contributed by atoms with Crippen LogP contribution in [0.1, 0.15) is 18.9 Å². The van der Waals surface area contributed by atoms with Gasteiger partial charge >= 0.3 is 0 Å². The van der Waals surface area contributed by atoms with Crippen LogP contribution in [0, 0.1) is 11.3 Å². The molecule has 0 saturated carbocycles. The summed E-state index contributed by atoms with van der Waals surface area (Å²) in [7, 11) is -3.91. The van der Waals surface area contributed by atoms with Crippen molar-refractivity contribution in [1.82, 2.24) is 4.31 Å². The Labute approximate surface area is 163 Å². The summed E-state index contributed by atoms with van der Waals surface area (Å²) in [6.45, 7) is 2.54. The van der Waals surface area contributed by atoms with Gasteiger partial charge in [0, 0.05) is 11.6 Å². The maximum atomic E-state index is 13.2. The molecular weight excluding hydrogens is 388 g/mol. The number of sulfonamides is 1. The molecule has 8 heteroatoms. The van der Waals surface area contributed by atoms with E-state index in [1.165, 1.54) is 22.5 Å². The number of nitrogens with zero attached hydrogens (tertiary/aromatic N) is 2. The smallest absolute Gasteiger partial charge is 0.244 e. The second-order valence-electron chi connectivity index (χ2n) is 6.11. The molecule has 0 aliphatic carbocycles. The Morgan fingerprint density at radius 2 is 2.00 bits per heavy atom. The van der Waals surface area contributed by atoms with E-state index in [1.54, 1.807) is 12.1 Å². The fourth-order valence-electron chi connectivity index (χ4n) is 2.88. The van der Waals surface area contributed by atoms with Gasteiger partial charge in [-0.1, -0.05) is 30.7 Å². The number of halogens is 1. The number of benzene rings is 2. The van der Waals surface area contributed by atoms with Crippen LogP contribution < -0.4 is 9.47 Å². The van der Waals surface area contributed by atoms with Crippen LogP contribution in [0.5, 0.6) is 11.5 Å². The van der Waals surface area contributed by atoms with Gasteiger partial charge in [-0.3, -0.25) is 0 Å². The first-order valence-electron chi connectivity index (χ1n) is 8.54. The van der Waals surface area contributed by atoms with Crippen molar-refractivity contribution in [3.8, 4) is 17.6 Å². The Bertz CT molecular complexity index is 972. The maximum Gasteiger partial charge on any atom is 0.244 e. The van der Waals surface area contributed by atoms with Crippen LogP contribution in [0.2, 0.25) is 5.02 Å². The van der Waals surface area contributed by atoms with Gasteiger partial charge in [-0.05, 0) is 36.8 Å². The van der Waals surface area contributed by atoms with Crippen molar-refractivity contribution in [3.63, 3.8) is 0 Å². The van der Waals surface area contributed by atoms with Gasteiger partial charge in [0.2, 0.25) is 10.0 Å².